The lowest BCUT2D eigenvalue weighted by Gasteiger charge is -2.21. The van der Waals surface area contributed by atoms with Crippen LogP contribution < -0.4 is 0 Å². The lowest BCUT2D eigenvalue weighted by molar-refractivity contribution is 0.337. The molecule has 0 N–H and O–H groups in total. The Morgan fingerprint density at radius 3 is 2.56 bits per heavy atom. The summed E-state index contributed by atoms with van der Waals surface area (Å²) >= 11 is 0. The number of aryl methyl sites for hydroxylation is 1. The first kappa shape index (κ1) is 20.8. The normalized spacial score (nSPS) is 17.3. The number of sulfonamides is 1. The molecule has 0 unspecified atom stereocenters. The Hall–Kier alpha value is -3.10. The zero-order valence-electron chi connectivity index (χ0n) is 17.3. The number of aromatic nitrogens is 1. The van der Waals surface area contributed by atoms with Gasteiger partial charge in [0.15, 0.2) is 5.58 Å². The van der Waals surface area contributed by atoms with E-state index in [1.807, 2.05) is 6.92 Å². The molecule has 0 aliphatic carbocycles. The molecule has 5 rings (SSSR count). The molecule has 8 heteroatoms. The molecule has 1 aliphatic rings. The Balaban J connectivity index is 1.50. The van der Waals surface area contributed by atoms with Gasteiger partial charge < -0.3 is 4.42 Å². The van der Waals surface area contributed by atoms with Gasteiger partial charge in [-0.3, -0.25) is 0 Å². The second kappa shape index (κ2) is 7.79. The van der Waals surface area contributed by atoms with Crippen LogP contribution in [0, 0.1) is 18.6 Å². The predicted octanol–water partition coefficient (Wildman–Crippen LogP) is 5.61. The molecular formula is C24H20F2N2O3S. The van der Waals surface area contributed by atoms with E-state index in [0.717, 1.165) is 11.6 Å². The Kier molecular flexibility index (Phi) is 5.06. The van der Waals surface area contributed by atoms with Gasteiger partial charge in [0, 0.05) is 18.2 Å². The van der Waals surface area contributed by atoms with Crippen LogP contribution in [0.4, 0.5) is 8.78 Å². The third-order valence-electron chi connectivity index (χ3n) is 5.76. The molecule has 4 aromatic rings. The van der Waals surface area contributed by atoms with E-state index in [9.17, 15) is 17.2 Å². The summed E-state index contributed by atoms with van der Waals surface area (Å²) < 4.78 is 61.2. The molecule has 32 heavy (non-hydrogen) atoms. The van der Waals surface area contributed by atoms with E-state index >= 15 is 0 Å². The molecule has 2 heterocycles. The van der Waals surface area contributed by atoms with Gasteiger partial charge >= 0.3 is 0 Å². The summed E-state index contributed by atoms with van der Waals surface area (Å²) in [5.41, 5.74) is 2.73. The Bertz CT molecular complexity index is 1420. The standard InChI is InChI=1S/C24H20F2N2O3S/c1-15-4-8-18(9-5-15)32(29,30)28-12-2-3-22(28)24-27-21-13-16(6-11-23(21)31-24)19-10-7-17(25)14-20(19)26/h4-11,13-14,22H,2-3,12H2,1H3/t22-/m1/s1. The van der Waals surface area contributed by atoms with Crippen LogP contribution in [0.25, 0.3) is 22.2 Å². The summed E-state index contributed by atoms with van der Waals surface area (Å²) in [5.74, 6) is -1.00. The van der Waals surface area contributed by atoms with Gasteiger partial charge in [-0.15, -0.1) is 0 Å². The highest BCUT2D eigenvalue weighted by Crippen LogP contribution is 2.38. The zero-order chi connectivity index (χ0) is 22.5. The maximum Gasteiger partial charge on any atom is 0.243 e. The fraction of sp³-hybridized carbons (Fsp3) is 0.208. The summed E-state index contributed by atoms with van der Waals surface area (Å²) in [6.07, 6.45) is 1.29. The van der Waals surface area contributed by atoms with Crippen molar-refractivity contribution in [2.24, 2.45) is 0 Å². The van der Waals surface area contributed by atoms with Gasteiger partial charge in [-0.2, -0.15) is 4.31 Å². The van der Waals surface area contributed by atoms with E-state index in [1.165, 1.54) is 16.4 Å². The molecule has 1 saturated heterocycles. The van der Waals surface area contributed by atoms with E-state index in [0.29, 0.717) is 41.9 Å². The number of rotatable bonds is 4. The van der Waals surface area contributed by atoms with Gasteiger partial charge in [0.1, 0.15) is 23.2 Å². The van der Waals surface area contributed by atoms with E-state index in [-0.39, 0.29) is 10.5 Å². The summed E-state index contributed by atoms with van der Waals surface area (Å²) in [6.45, 7) is 2.28. The maximum atomic E-state index is 14.2. The molecular weight excluding hydrogens is 434 g/mol. The molecule has 5 nitrogen and oxygen atoms in total. The van der Waals surface area contributed by atoms with Crippen LogP contribution in [0.2, 0.25) is 0 Å². The van der Waals surface area contributed by atoms with E-state index in [1.54, 1.807) is 42.5 Å². The van der Waals surface area contributed by atoms with Crippen molar-refractivity contribution in [2.75, 3.05) is 6.54 Å². The number of halogens is 2. The topological polar surface area (TPSA) is 63.4 Å². The second-order valence-electron chi connectivity index (χ2n) is 7.95. The van der Waals surface area contributed by atoms with Crippen molar-refractivity contribution in [2.45, 2.75) is 30.7 Å². The molecule has 3 aromatic carbocycles. The average Bonchev–Trinajstić information content (AvgIpc) is 3.41. The van der Waals surface area contributed by atoms with Crippen molar-refractivity contribution in [3.8, 4) is 11.1 Å². The third-order valence-corrected chi connectivity index (χ3v) is 7.68. The summed E-state index contributed by atoms with van der Waals surface area (Å²) in [4.78, 5) is 4.77. The first-order valence-electron chi connectivity index (χ1n) is 10.3. The highest BCUT2D eigenvalue weighted by atomic mass is 32.2. The van der Waals surface area contributed by atoms with Crippen molar-refractivity contribution in [1.82, 2.24) is 9.29 Å². The van der Waals surface area contributed by atoms with Crippen molar-refractivity contribution in [3.63, 3.8) is 0 Å². The minimum Gasteiger partial charge on any atom is -0.439 e. The van der Waals surface area contributed by atoms with Crippen LogP contribution in [-0.4, -0.2) is 24.3 Å². The third kappa shape index (κ3) is 3.59. The van der Waals surface area contributed by atoms with Crippen molar-refractivity contribution >= 4 is 21.1 Å². The predicted molar refractivity (Wildman–Crippen MR) is 116 cm³/mol. The molecule has 1 fully saturated rings. The van der Waals surface area contributed by atoms with Gasteiger partial charge in [0.25, 0.3) is 0 Å². The van der Waals surface area contributed by atoms with E-state index in [2.05, 4.69) is 4.98 Å². The fourth-order valence-electron chi connectivity index (χ4n) is 4.10. The van der Waals surface area contributed by atoms with Crippen LogP contribution in [-0.2, 0) is 10.0 Å². The number of nitrogens with zero attached hydrogens (tertiary/aromatic N) is 2. The molecule has 0 bridgehead atoms. The van der Waals surface area contributed by atoms with E-state index < -0.39 is 27.7 Å². The lowest BCUT2D eigenvalue weighted by Crippen LogP contribution is -2.30. The molecule has 1 aromatic heterocycles. The van der Waals surface area contributed by atoms with Crippen LogP contribution in [0.3, 0.4) is 0 Å². The lowest BCUT2D eigenvalue weighted by atomic mass is 10.0. The molecule has 1 atom stereocenters. The summed E-state index contributed by atoms with van der Waals surface area (Å²) in [7, 11) is -3.70. The average molecular weight is 454 g/mol. The SMILES string of the molecule is Cc1ccc(S(=O)(=O)N2CCC[C@@H]2c2nc3cc(-c4ccc(F)cc4F)ccc3o2)cc1. The fourth-order valence-corrected chi connectivity index (χ4v) is 5.75. The number of benzene rings is 3. The Morgan fingerprint density at radius 1 is 1.03 bits per heavy atom. The number of oxazole rings is 1. The molecule has 164 valence electrons. The monoisotopic (exact) mass is 454 g/mol. The molecule has 1 aliphatic heterocycles. The quantitative estimate of drug-likeness (QED) is 0.402. The zero-order valence-corrected chi connectivity index (χ0v) is 18.1. The number of hydrogen-bond acceptors (Lipinski definition) is 4. The van der Waals surface area contributed by atoms with Crippen molar-refractivity contribution in [3.05, 3.63) is 83.8 Å². The van der Waals surface area contributed by atoms with Crippen LogP contribution >= 0.6 is 0 Å². The minimum absolute atomic E-state index is 0.236. The highest BCUT2D eigenvalue weighted by molar-refractivity contribution is 7.89. The van der Waals surface area contributed by atoms with Gasteiger partial charge in [0.2, 0.25) is 15.9 Å². The summed E-state index contributed by atoms with van der Waals surface area (Å²) in [6, 6.07) is 14.6. The smallest absolute Gasteiger partial charge is 0.243 e. The molecule has 0 saturated carbocycles. The van der Waals surface area contributed by atoms with Gasteiger partial charge in [-0.05, 0) is 61.7 Å². The number of fused-ring (bicyclic) bond motifs is 1. The minimum atomic E-state index is -3.70. The van der Waals surface area contributed by atoms with Gasteiger partial charge in [0.05, 0.1) is 4.90 Å². The van der Waals surface area contributed by atoms with Crippen LogP contribution in [0.15, 0.2) is 70.0 Å². The first-order valence-corrected chi connectivity index (χ1v) is 11.7. The van der Waals surface area contributed by atoms with Crippen molar-refractivity contribution < 1.29 is 21.6 Å². The Labute approximate surface area is 184 Å². The molecule has 0 amide bonds. The summed E-state index contributed by atoms with van der Waals surface area (Å²) in [5, 5.41) is 0. The van der Waals surface area contributed by atoms with Crippen molar-refractivity contribution in [1.29, 1.82) is 0 Å². The Morgan fingerprint density at radius 2 is 1.81 bits per heavy atom. The highest BCUT2D eigenvalue weighted by Gasteiger charge is 2.39. The van der Waals surface area contributed by atoms with Gasteiger partial charge in [-0.25, -0.2) is 22.2 Å². The van der Waals surface area contributed by atoms with Gasteiger partial charge in [-0.1, -0.05) is 23.8 Å². The van der Waals surface area contributed by atoms with Crippen LogP contribution in [0.1, 0.15) is 30.3 Å². The van der Waals surface area contributed by atoms with Crippen LogP contribution in [0.5, 0.6) is 0 Å². The molecule has 0 spiro atoms. The van der Waals surface area contributed by atoms with E-state index in [4.69, 9.17) is 4.42 Å². The largest absolute Gasteiger partial charge is 0.439 e. The maximum absolute atomic E-state index is 14.2. The second-order valence-corrected chi connectivity index (χ2v) is 9.84. The molecule has 0 radical (unpaired) electrons. The number of hydrogen-bond donors (Lipinski definition) is 0. The first-order chi connectivity index (χ1) is 15.3.